The topological polar surface area (TPSA) is 115 Å². The van der Waals surface area contributed by atoms with E-state index in [0.717, 1.165) is 30.7 Å². The Bertz CT molecular complexity index is 1280. The van der Waals surface area contributed by atoms with E-state index in [-0.39, 0.29) is 29.7 Å². The molecule has 0 bridgehead atoms. The van der Waals surface area contributed by atoms with E-state index < -0.39 is 10.0 Å². The number of hydrogen-bond acceptors (Lipinski definition) is 7. The largest absolute Gasteiger partial charge is 0.490 e. The molecule has 0 unspecified atom stereocenters. The van der Waals surface area contributed by atoms with Gasteiger partial charge in [0, 0.05) is 50.7 Å². The van der Waals surface area contributed by atoms with E-state index in [4.69, 9.17) is 9.47 Å². The molecule has 10 nitrogen and oxygen atoms in total. The van der Waals surface area contributed by atoms with E-state index in [2.05, 4.69) is 14.9 Å². The third-order valence-corrected chi connectivity index (χ3v) is 7.67. The number of carbonyl (C=O) groups is 1. The molecule has 1 saturated heterocycles. The van der Waals surface area contributed by atoms with Crippen LogP contribution in [0.5, 0.6) is 11.5 Å². The zero-order valence-corrected chi connectivity index (χ0v) is 19.5. The number of sulfonamides is 1. The number of hydrogen-bond donors (Lipinski definition) is 1. The van der Waals surface area contributed by atoms with Crippen LogP contribution in [0.1, 0.15) is 37.4 Å². The molecule has 2 aliphatic rings. The molecule has 1 N–H and O–H groups in total. The highest BCUT2D eigenvalue weighted by molar-refractivity contribution is 7.89. The van der Waals surface area contributed by atoms with Crippen LogP contribution >= 0.6 is 0 Å². The third kappa shape index (κ3) is 4.71. The normalized spacial score (nSPS) is 17.0. The monoisotopic (exact) mass is 485 g/mol. The van der Waals surface area contributed by atoms with Crippen LogP contribution in [0.15, 0.2) is 47.5 Å². The standard InChI is InChI=1S/C23H27N5O5S/c29-22(27-12-8-17(9-13-27)23-26-25-21-4-1-2-11-28(21)23)7-10-24-34(30,31)18-5-6-19-20(16-18)33-15-3-14-32-19/h1-2,4-6,11,16-17,24H,3,7-10,12-15H2. The Morgan fingerprint density at radius 3 is 2.68 bits per heavy atom. The number of aromatic nitrogens is 3. The second-order valence-corrected chi connectivity index (χ2v) is 10.2. The van der Waals surface area contributed by atoms with Gasteiger partial charge in [0.15, 0.2) is 17.1 Å². The number of nitrogens with zero attached hydrogens (tertiary/aromatic N) is 4. The molecule has 0 aliphatic carbocycles. The number of likely N-dealkylation sites (tertiary alicyclic amines) is 1. The summed E-state index contributed by atoms with van der Waals surface area (Å²) < 4.78 is 41.0. The van der Waals surface area contributed by atoms with Crippen molar-refractivity contribution in [1.29, 1.82) is 0 Å². The van der Waals surface area contributed by atoms with E-state index in [9.17, 15) is 13.2 Å². The van der Waals surface area contributed by atoms with Crippen LogP contribution in [0, 0.1) is 0 Å². The molecular weight excluding hydrogens is 458 g/mol. The summed E-state index contributed by atoms with van der Waals surface area (Å²) in [6.07, 6.45) is 4.39. The Kier molecular flexibility index (Phi) is 6.38. The highest BCUT2D eigenvalue weighted by Crippen LogP contribution is 2.32. The van der Waals surface area contributed by atoms with Crippen molar-refractivity contribution < 1.29 is 22.7 Å². The lowest BCUT2D eigenvalue weighted by molar-refractivity contribution is -0.132. The first-order valence-corrected chi connectivity index (χ1v) is 13.0. The molecule has 11 heteroatoms. The fourth-order valence-electron chi connectivity index (χ4n) is 4.37. The highest BCUT2D eigenvalue weighted by atomic mass is 32.2. The molecule has 1 fully saturated rings. The summed E-state index contributed by atoms with van der Waals surface area (Å²) in [5, 5.41) is 8.56. The fraction of sp³-hybridized carbons (Fsp3) is 0.435. The maximum absolute atomic E-state index is 12.7. The predicted molar refractivity (Wildman–Crippen MR) is 123 cm³/mol. The molecule has 34 heavy (non-hydrogen) atoms. The van der Waals surface area contributed by atoms with Crippen molar-refractivity contribution in [3.63, 3.8) is 0 Å². The first-order valence-electron chi connectivity index (χ1n) is 11.5. The predicted octanol–water partition coefficient (Wildman–Crippen LogP) is 1.97. The Hall–Kier alpha value is -3.18. The van der Waals surface area contributed by atoms with Gasteiger partial charge >= 0.3 is 0 Å². The van der Waals surface area contributed by atoms with Gasteiger partial charge in [-0.15, -0.1) is 10.2 Å². The molecule has 3 aromatic rings. The summed E-state index contributed by atoms with van der Waals surface area (Å²) in [7, 11) is -3.77. The first kappa shape index (κ1) is 22.6. The number of nitrogens with one attached hydrogen (secondary N) is 1. The number of piperidine rings is 1. The minimum absolute atomic E-state index is 0.0321. The molecule has 5 rings (SSSR count). The average molecular weight is 486 g/mol. The average Bonchev–Trinajstić information content (AvgIpc) is 3.14. The van der Waals surface area contributed by atoms with Gasteiger partial charge < -0.3 is 14.4 Å². The van der Waals surface area contributed by atoms with E-state index in [1.165, 1.54) is 12.1 Å². The van der Waals surface area contributed by atoms with Crippen LogP contribution < -0.4 is 14.2 Å². The fourth-order valence-corrected chi connectivity index (χ4v) is 5.42. The number of ether oxygens (including phenoxy) is 2. The minimum Gasteiger partial charge on any atom is -0.490 e. The van der Waals surface area contributed by atoms with Crippen molar-refractivity contribution in [1.82, 2.24) is 24.2 Å². The van der Waals surface area contributed by atoms with E-state index >= 15 is 0 Å². The van der Waals surface area contributed by atoms with Gasteiger partial charge in [0.05, 0.1) is 18.1 Å². The van der Waals surface area contributed by atoms with Gasteiger partial charge in [0.25, 0.3) is 0 Å². The van der Waals surface area contributed by atoms with Gasteiger partial charge in [0.1, 0.15) is 5.82 Å². The quantitative estimate of drug-likeness (QED) is 0.568. The number of benzene rings is 1. The van der Waals surface area contributed by atoms with Crippen molar-refractivity contribution >= 4 is 21.6 Å². The molecule has 0 saturated carbocycles. The van der Waals surface area contributed by atoms with Crippen molar-refractivity contribution in [2.75, 3.05) is 32.8 Å². The summed E-state index contributed by atoms with van der Waals surface area (Å²) in [6.45, 7) is 2.26. The first-order chi connectivity index (χ1) is 16.5. The SMILES string of the molecule is O=C(CCNS(=O)(=O)c1ccc2c(c1)OCCCO2)N1CCC(c2nnc3ccccn23)CC1. The van der Waals surface area contributed by atoms with E-state index in [1.807, 2.05) is 28.8 Å². The smallest absolute Gasteiger partial charge is 0.240 e. The summed E-state index contributed by atoms with van der Waals surface area (Å²) in [6, 6.07) is 10.3. The lowest BCUT2D eigenvalue weighted by Gasteiger charge is -2.31. The maximum atomic E-state index is 12.7. The van der Waals surface area contributed by atoms with E-state index in [0.29, 0.717) is 37.8 Å². The van der Waals surface area contributed by atoms with Crippen LogP contribution in [0.3, 0.4) is 0 Å². The number of carbonyl (C=O) groups excluding carboxylic acids is 1. The second kappa shape index (κ2) is 9.59. The van der Waals surface area contributed by atoms with Crippen LogP contribution in [-0.4, -0.2) is 66.7 Å². The van der Waals surface area contributed by atoms with Gasteiger partial charge in [-0.25, -0.2) is 13.1 Å². The summed E-state index contributed by atoms with van der Waals surface area (Å²) in [5.41, 5.74) is 0.817. The summed E-state index contributed by atoms with van der Waals surface area (Å²) >= 11 is 0. The van der Waals surface area contributed by atoms with E-state index in [1.54, 1.807) is 11.0 Å². The summed E-state index contributed by atoms with van der Waals surface area (Å²) in [4.78, 5) is 14.6. The number of pyridine rings is 1. The zero-order chi connectivity index (χ0) is 23.5. The van der Waals surface area contributed by atoms with Gasteiger partial charge in [-0.1, -0.05) is 6.07 Å². The molecule has 180 valence electrons. The summed E-state index contributed by atoms with van der Waals surface area (Å²) in [5.74, 6) is 2.05. The molecule has 1 amide bonds. The van der Waals surface area contributed by atoms with Crippen LogP contribution in [0.25, 0.3) is 5.65 Å². The Morgan fingerprint density at radius 1 is 1.06 bits per heavy atom. The highest BCUT2D eigenvalue weighted by Gasteiger charge is 2.27. The molecule has 0 atom stereocenters. The van der Waals surface area contributed by atoms with Gasteiger partial charge in [-0.2, -0.15) is 0 Å². The molecule has 0 spiro atoms. The van der Waals surface area contributed by atoms with Crippen LogP contribution in [0.4, 0.5) is 0 Å². The van der Waals surface area contributed by atoms with Crippen molar-refractivity contribution in [3.05, 3.63) is 48.4 Å². The molecule has 2 aromatic heterocycles. The molecular formula is C23H27N5O5S. The van der Waals surface area contributed by atoms with Gasteiger partial charge in [-0.3, -0.25) is 9.20 Å². The second-order valence-electron chi connectivity index (χ2n) is 8.45. The van der Waals surface area contributed by atoms with Gasteiger partial charge in [-0.05, 0) is 37.1 Å². The molecule has 4 heterocycles. The minimum atomic E-state index is -3.77. The molecule has 0 radical (unpaired) electrons. The Balaban J connectivity index is 1.13. The molecule has 2 aliphatic heterocycles. The maximum Gasteiger partial charge on any atom is 0.240 e. The number of amides is 1. The van der Waals surface area contributed by atoms with Crippen LogP contribution in [-0.2, 0) is 14.8 Å². The molecule has 1 aromatic carbocycles. The zero-order valence-electron chi connectivity index (χ0n) is 18.7. The van der Waals surface area contributed by atoms with Crippen LogP contribution in [0.2, 0.25) is 0 Å². The Labute approximate surface area is 197 Å². The van der Waals surface area contributed by atoms with Crippen molar-refractivity contribution in [3.8, 4) is 11.5 Å². The van der Waals surface area contributed by atoms with Crippen molar-refractivity contribution in [2.45, 2.75) is 36.5 Å². The third-order valence-electron chi connectivity index (χ3n) is 6.21. The lowest BCUT2D eigenvalue weighted by Crippen LogP contribution is -2.39. The number of rotatable bonds is 6. The Morgan fingerprint density at radius 2 is 1.85 bits per heavy atom. The van der Waals surface area contributed by atoms with Crippen molar-refractivity contribution in [2.24, 2.45) is 0 Å². The number of fused-ring (bicyclic) bond motifs is 2. The lowest BCUT2D eigenvalue weighted by atomic mass is 9.96. The van der Waals surface area contributed by atoms with Gasteiger partial charge in [0.2, 0.25) is 15.9 Å².